The van der Waals surface area contributed by atoms with Crippen molar-refractivity contribution in [2.45, 2.75) is 6.36 Å². The van der Waals surface area contributed by atoms with E-state index in [0.717, 1.165) is 16.6 Å². The van der Waals surface area contributed by atoms with E-state index in [1.165, 1.54) is 35.6 Å². The predicted octanol–water partition coefficient (Wildman–Crippen LogP) is 4.95. The number of anilines is 1. The zero-order valence-corrected chi connectivity index (χ0v) is 16.5. The molecule has 0 radical (unpaired) electrons. The summed E-state index contributed by atoms with van der Waals surface area (Å²) in [5.41, 5.74) is 1.75. The van der Waals surface area contributed by atoms with E-state index >= 15 is 0 Å². The van der Waals surface area contributed by atoms with Crippen LogP contribution in [0.1, 0.15) is 0 Å². The first-order valence-electron chi connectivity index (χ1n) is 9.16. The molecule has 30 heavy (non-hydrogen) atoms. The van der Waals surface area contributed by atoms with E-state index in [2.05, 4.69) is 14.6 Å². The van der Waals surface area contributed by atoms with Gasteiger partial charge >= 0.3 is 6.36 Å². The molecule has 3 aromatic rings. The third-order valence-corrected chi connectivity index (χ3v) is 4.99. The van der Waals surface area contributed by atoms with Crippen LogP contribution in [-0.2, 0) is 0 Å². The van der Waals surface area contributed by atoms with Gasteiger partial charge in [-0.1, -0.05) is 29.5 Å². The molecule has 0 N–H and O–H groups in total. The van der Waals surface area contributed by atoms with Crippen LogP contribution in [0.25, 0.3) is 0 Å². The first kappa shape index (κ1) is 20.3. The number of hydroxylamine groups is 2. The minimum atomic E-state index is -4.71. The Balaban J connectivity index is 1.31. The quantitative estimate of drug-likeness (QED) is 0.544. The summed E-state index contributed by atoms with van der Waals surface area (Å²) in [6.45, 7) is 2.54. The van der Waals surface area contributed by atoms with Gasteiger partial charge in [0, 0.05) is 13.1 Å². The highest BCUT2D eigenvalue weighted by Crippen LogP contribution is 2.36. The molecule has 0 bridgehead atoms. The van der Waals surface area contributed by atoms with Crippen LogP contribution in [0.5, 0.6) is 22.3 Å². The van der Waals surface area contributed by atoms with Crippen LogP contribution in [0.3, 0.4) is 0 Å². The fourth-order valence-corrected chi connectivity index (χ4v) is 3.63. The molecule has 1 fully saturated rings. The van der Waals surface area contributed by atoms with Crippen LogP contribution in [0.15, 0.2) is 60.1 Å². The Morgan fingerprint density at radius 1 is 0.833 bits per heavy atom. The highest BCUT2D eigenvalue weighted by Gasteiger charge is 2.31. The van der Waals surface area contributed by atoms with Crippen molar-refractivity contribution in [2.75, 3.05) is 31.1 Å². The molecular formula is C20H18F3N3O3S. The summed E-state index contributed by atoms with van der Waals surface area (Å²) in [5, 5.41) is 2.50. The van der Waals surface area contributed by atoms with Gasteiger partial charge in [-0.2, -0.15) is 0 Å². The number of aromatic nitrogens is 1. The number of piperazine rings is 1. The number of halogens is 3. The van der Waals surface area contributed by atoms with E-state index < -0.39 is 6.36 Å². The van der Waals surface area contributed by atoms with Crippen molar-refractivity contribution in [3.63, 3.8) is 0 Å². The van der Waals surface area contributed by atoms with E-state index in [9.17, 15) is 13.2 Å². The third kappa shape index (κ3) is 5.33. The molecule has 1 aromatic heterocycles. The minimum absolute atomic E-state index is 0.283. The summed E-state index contributed by atoms with van der Waals surface area (Å²) in [4.78, 5) is 12.3. The fraction of sp³-hybridized carbons (Fsp3) is 0.250. The molecule has 0 aliphatic carbocycles. The van der Waals surface area contributed by atoms with Gasteiger partial charge in [0.05, 0.1) is 18.6 Å². The first-order chi connectivity index (χ1) is 14.5. The second-order valence-electron chi connectivity index (χ2n) is 6.41. The Kier molecular flexibility index (Phi) is 5.96. The Hall–Kier alpha value is -2.98. The SMILES string of the molecule is FC(F)(F)Oc1ccc(ON2CCN(c3ncsc3Oc3ccccc3)CC2)cc1. The average Bonchev–Trinajstić information content (AvgIpc) is 3.18. The number of nitrogens with zero attached hydrogens (tertiary/aromatic N) is 3. The van der Waals surface area contributed by atoms with E-state index in [4.69, 9.17) is 9.57 Å². The van der Waals surface area contributed by atoms with Crippen molar-refractivity contribution in [3.8, 4) is 22.3 Å². The molecule has 10 heteroatoms. The summed E-state index contributed by atoms with van der Waals surface area (Å²) in [6, 6.07) is 14.9. The lowest BCUT2D eigenvalue weighted by Gasteiger charge is -2.34. The zero-order valence-electron chi connectivity index (χ0n) is 15.7. The molecule has 4 rings (SSSR count). The van der Waals surface area contributed by atoms with Gasteiger partial charge in [0.1, 0.15) is 17.2 Å². The average molecular weight is 437 g/mol. The lowest BCUT2D eigenvalue weighted by Crippen LogP contribution is -2.47. The number of thiazole rings is 1. The van der Waals surface area contributed by atoms with Crippen LogP contribution < -0.4 is 19.2 Å². The monoisotopic (exact) mass is 437 g/mol. The number of rotatable bonds is 6. The van der Waals surface area contributed by atoms with Crippen LogP contribution in [0.4, 0.5) is 19.0 Å². The smallest absolute Gasteiger partial charge is 0.443 e. The zero-order chi connectivity index (χ0) is 21.0. The number of hydrogen-bond acceptors (Lipinski definition) is 7. The molecule has 0 amide bonds. The van der Waals surface area contributed by atoms with Gasteiger partial charge in [-0.3, -0.25) is 0 Å². The molecule has 0 saturated carbocycles. The Bertz CT molecular complexity index is 943. The number of hydrogen-bond donors (Lipinski definition) is 0. The fourth-order valence-electron chi connectivity index (χ4n) is 2.95. The van der Waals surface area contributed by atoms with Crippen molar-refractivity contribution in [3.05, 3.63) is 60.1 Å². The van der Waals surface area contributed by atoms with Gasteiger partial charge in [-0.25, -0.2) is 4.98 Å². The maximum Gasteiger partial charge on any atom is 0.573 e. The normalized spacial score (nSPS) is 15.1. The van der Waals surface area contributed by atoms with E-state index in [0.29, 0.717) is 31.9 Å². The summed E-state index contributed by atoms with van der Waals surface area (Å²) in [5.74, 6) is 1.70. The summed E-state index contributed by atoms with van der Waals surface area (Å²) < 4.78 is 46.5. The molecule has 2 heterocycles. The van der Waals surface area contributed by atoms with Crippen molar-refractivity contribution in [2.24, 2.45) is 0 Å². The molecule has 0 spiro atoms. The molecule has 1 aliphatic heterocycles. The largest absolute Gasteiger partial charge is 0.573 e. The summed E-state index contributed by atoms with van der Waals surface area (Å²) >= 11 is 1.43. The Labute approximate surface area is 175 Å². The Morgan fingerprint density at radius 3 is 2.17 bits per heavy atom. The van der Waals surface area contributed by atoms with Crippen LogP contribution in [0.2, 0.25) is 0 Å². The summed E-state index contributed by atoms with van der Waals surface area (Å²) in [7, 11) is 0. The second-order valence-corrected chi connectivity index (χ2v) is 7.22. The van der Waals surface area contributed by atoms with Crippen LogP contribution in [0, 0.1) is 0 Å². The van der Waals surface area contributed by atoms with Crippen LogP contribution >= 0.6 is 11.3 Å². The summed E-state index contributed by atoms with van der Waals surface area (Å²) in [6.07, 6.45) is -4.71. The van der Waals surface area contributed by atoms with Crippen molar-refractivity contribution in [1.82, 2.24) is 10.0 Å². The number of benzene rings is 2. The van der Waals surface area contributed by atoms with Gasteiger partial charge in [0.25, 0.3) is 0 Å². The van der Waals surface area contributed by atoms with E-state index in [-0.39, 0.29) is 5.75 Å². The molecule has 6 nitrogen and oxygen atoms in total. The molecule has 0 unspecified atom stereocenters. The number of para-hydroxylation sites is 1. The maximum absolute atomic E-state index is 12.2. The minimum Gasteiger partial charge on any atom is -0.443 e. The molecule has 2 aromatic carbocycles. The number of ether oxygens (including phenoxy) is 2. The second kappa shape index (κ2) is 8.80. The van der Waals surface area contributed by atoms with Gasteiger partial charge in [-0.15, -0.1) is 18.2 Å². The molecule has 158 valence electrons. The van der Waals surface area contributed by atoms with Crippen molar-refractivity contribution < 1.29 is 27.5 Å². The highest BCUT2D eigenvalue weighted by molar-refractivity contribution is 7.12. The topological polar surface area (TPSA) is 47.1 Å². The highest BCUT2D eigenvalue weighted by atomic mass is 32.1. The van der Waals surface area contributed by atoms with Gasteiger partial charge in [0.2, 0.25) is 5.06 Å². The molecular weight excluding hydrogens is 419 g/mol. The Morgan fingerprint density at radius 2 is 1.50 bits per heavy atom. The third-order valence-electron chi connectivity index (χ3n) is 4.30. The van der Waals surface area contributed by atoms with Gasteiger partial charge < -0.3 is 19.2 Å². The standard InChI is InChI=1S/C20H18F3N3O3S/c21-20(22,23)28-16-6-8-17(9-7-16)29-26-12-10-25(11-13-26)18-19(30-14-24-18)27-15-4-2-1-3-5-15/h1-9,14H,10-13H2. The maximum atomic E-state index is 12.2. The van der Waals surface area contributed by atoms with Gasteiger partial charge in [0.15, 0.2) is 5.82 Å². The van der Waals surface area contributed by atoms with E-state index in [1.807, 2.05) is 30.3 Å². The lowest BCUT2D eigenvalue weighted by molar-refractivity contribution is -0.274. The van der Waals surface area contributed by atoms with Crippen molar-refractivity contribution in [1.29, 1.82) is 0 Å². The first-order valence-corrected chi connectivity index (χ1v) is 10.0. The van der Waals surface area contributed by atoms with Crippen LogP contribution in [-0.4, -0.2) is 42.6 Å². The van der Waals surface area contributed by atoms with Crippen molar-refractivity contribution >= 4 is 17.2 Å². The number of alkyl halides is 3. The predicted molar refractivity (Wildman–Crippen MR) is 106 cm³/mol. The molecule has 1 saturated heterocycles. The lowest BCUT2D eigenvalue weighted by atomic mass is 10.3. The molecule has 1 aliphatic rings. The van der Waals surface area contributed by atoms with Gasteiger partial charge in [-0.05, 0) is 36.4 Å². The molecule has 0 atom stereocenters. The van der Waals surface area contributed by atoms with E-state index in [1.54, 1.807) is 10.6 Å².